The molecule has 0 aliphatic carbocycles. The van der Waals surface area contributed by atoms with E-state index in [0.717, 1.165) is 23.5 Å². The lowest BCUT2D eigenvalue weighted by Gasteiger charge is -2.16. The third-order valence-electron chi connectivity index (χ3n) is 4.55. The molecule has 0 amide bonds. The molecule has 0 fully saturated rings. The number of ether oxygens (including phenoxy) is 2. The van der Waals surface area contributed by atoms with Crippen molar-refractivity contribution in [2.75, 3.05) is 6.61 Å². The van der Waals surface area contributed by atoms with E-state index >= 15 is 0 Å². The number of pyridine rings is 1. The number of benzene rings is 1. The van der Waals surface area contributed by atoms with Crippen molar-refractivity contribution in [1.82, 2.24) is 9.55 Å². The van der Waals surface area contributed by atoms with Crippen molar-refractivity contribution in [3.8, 4) is 0 Å². The number of rotatable bonds is 9. The molecule has 0 aliphatic heterocycles. The van der Waals surface area contributed by atoms with Gasteiger partial charge in [-0.05, 0) is 17.7 Å². The Morgan fingerprint density at radius 1 is 1.11 bits per heavy atom. The molecule has 0 saturated carbocycles. The smallest absolute Gasteiger partial charge is 0.241 e. The molecule has 0 unspecified atom stereocenters. The van der Waals surface area contributed by atoms with Crippen molar-refractivity contribution in [3.05, 3.63) is 69.9 Å². The molecule has 1 aromatic carbocycles. The Morgan fingerprint density at radius 3 is 2.57 bits per heavy atom. The van der Waals surface area contributed by atoms with E-state index in [0.29, 0.717) is 25.3 Å². The van der Waals surface area contributed by atoms with Crippen LogP contribution in [0, 0.1) is 5.82 Å². The number of fused-ring (bicyclic) bond motifs is 1. The molecule has 0 spiro atoms. The molecule has 3 aromatic rings. The van der Waals surface area contributed by atoms with Crippen LogP contribution in [0.1, 0.15) is 11.3 Å². The second-order valence-electron chi connectivity index (χ2n) is 8.12. The maximum atomic E-state index is 13.8. The first-order valence-electron chi connectivity index (χ1n) is 9.44. The Morgan fingerprint density at radius 2 is 1.86 bits per heavy atom. The van der Waals surface area contributed by atoms with E-state index in [9.17, 15) is 9.18 Å². The molecular weight excluding hydrogens is 375 g/mol. The van der Waals surface area contributed by atoms with Crippen LogP contribution in [0.3, 0.4) is 0 Å². The Kier molecular flexibility index (Phi) is 6.48. The number of H-pyrrole nitrogens is 1. The normalized spacial score (nSPS) is 12.0. The summed E-state index contributed by atoms with van der Waals surface area (Å²) in [7, 11) is -1.21. The average molecular weight is 403 g/mol. The number of aromatic nitrogens is 2. The van der Waals surface area contributed by atoms with Gasteiger partial charge in [0.2, 0.25) is 5.43 Å². The van der Waals surface area contributed by atoms with Gasteiger partial charge in [-0.3, -0.25) is 4.79 Å². The van der Waals surface area contributed by atoms with Gasteiger partial charge in [-0.25, -0.2) is 4.39 Å². The molecule has 150 valence electrons. The van der Waals surface area contributed by atoms with Crippen LogP contribution >= 0.6 is 0 Å². The van der Waals surface area contributed by atoms with Crippen LogP contribution in [0.15, 0.2) is 47.4 Å². The van der Waals surface area contributed by atoms with Gasteiger partial charge in [-0.2, -0.15) is 0 Å². The fraction of sp³-hybridized carbons (Fsp3) is 0.381. The highest BCUT2D eigenvalue weighted by atomic mass is 28.3. The summed E-state index contributed by atoms with van der Waals surface area (Å²) in [6.07, 6.45) is 1.09. The second-order valence-corrected chi connectivity index (χ2v) is 13.7. The predicted molar refractivity (Wildman–Crippen MR) is 112 cm³/mol. The summed E-state index contributed by atoms with van der Waals surface area (Å²) >= 11 is 0. The van der Waals surface area contributed by atoms with E-state index in [2.05, 4.69) is 24.6 Å². The van der Waals surface area contributed by atoms with Crippen LogP contribution in [0.25, 0.3) is 11.0 Å². The molecule has 0 bridgehead atoms. The van der Waals surface area contributed by atoms with Crippen LogP contribution in [0.5, 0.6) is 0 Å². The van der Waals surface area contributed by atoms with Gasteiger partial charge >= 0.3 is 0 Å². The van der Waals surface area contributed by atoms with Gasteiger partial charge in [0.25, 0.3) is 0 Å². The van der Waals surface area contributed by atoms with Crippen LogP contribution in [-0.2, 0) is 29.4 Å². The molecule has 0 aliphatic rings. The molecule has 2 aromatic heterocycles. The second kappa shape index (κ2) is 8.85. The minimum atomic E-state index is -1.21. The number of halogens is 1. The Hall–Kier alpha value is -2.22. The lowest BCUT2D eigenvalue weighted by atomic mass is 10.2. The van der Waals surface area contributed by atoms with Gasteiger partial charge in [-0.1, -0.05) is 50.0 Å². The molecule has 0 radical (unpaired) electrons. The van der Waals surface area contributed by atoms with Crippen molar-refractivity contribution >= 4 is 19.1 Å². The largest absolute Gasteiger partial charge is 0.371 e. The lowest BCUT2D eigenvalue weighted by molar-refractivity contribution is 0.0715. The highest BCUT2D eigenvalue weighted by Gasteiger charge is 2.16. The third-order valence-corrected chi connectivity index (χ3v) is 6.25. The lowest BCUT2D eigenvalue weighted by Crippen LogP contribution is -2.22. The minimum Gasteiger partial charge on any atom is -0.371 e. The molecule has 28 heavy (non-hydrogen) atoms. The van der Waals surface area contributed by atoms with Gasteiger partial charge < -0.3 is 19.0 Å². The summed E-state index contributed by atoms with van der Waals surface area (Å²) in [6.45, 7) is 8.42. The number of hydrogen-bond donors (Lipinski definition) is 1. The standard InChI is InChI=1S/C21H27FN2O3Si/c1-28(2,3)10-9-26-15-24-17(14-27-13-16-7-5-4-6-8-16)11-19-20(24)21(25)18(22)12-23-19/h4-8,11-12H,9-10,13-15H2,1-3H3,(H,23,25). The summed E-state index contributed by atoms with van der Waals surface area (Å²) in [5, 5.41) is 0. The topological polar surface area (TPSA) is 56.2 Å². The van der Waals surface area contributed by atoms with Crippen LogP contribution in [-0.4, -0.2) is 24.2 Å². The Bertz CT molecular complexity index is 977. The Balaban J connectivity index is 1.77. The summed E-state index contributed by atoms with van der Waals surface area (Å²) in [5.41, 5.74) is 2.08. The zero-order valence-electron chi connectivity index (χ0n) is 16.6. The molecule has 5 nitrogen and oxygen atoms in total. The van der Waals surface area contributed by atoms with E-state index in [1.165, 1.54) is 0 Å². The van der Waals surface area contributed by atoms with Crippen molar-refractivity contribution in [1.29, 1.82) is 0 Å². The van der Waals surface area contributed by atoms with Crippen molar-refractivity contribution in [2.24, 2.45) is 0 Å². The minimum absolute atomic E-state index is 0.199. The third kappa shape index (κ3) is 5.18. The maximum absolute atomic E-state index is 13.8. The van der Waals surface area contributed by atoms with E-state index in [-0.39, 0.29) is 12.2 Å². The monoisotopic (exact) mass is 402 g/mol. The molecular formula is C21H27FN2O3Si. The van der Waals surface area contributed by atoms with Crippen LogP contribution < -0.4 is 5.43 Å². The molecule has 3 rings (SSSR count). The first-order valence-corrected chi connectivity index (χ1v) is 13.1. The first-order chi connectivity index (χ1) is 13.3. The molecule has 0 saturated heterocycles. The highest BCUT2D eigenvalue weighted by Crippen LogP contribution is 2.18. The van der Waals surface area contributed by atoms with Crippen molar-refractivity contribution in [2.45, 2.75) is 45.6 Å². The van der Waals surface area contributed by atoms with Gasteiger partial charge in [-0.15, -0.1) is 0 Å². The molecule has 0 atom stereocenters. The zero-order valence-corrected chi connectivity index (χ0v) is 17.6. The zero-order chi connectivity index (χ0) is 20.1. The first kappa shape index (κ1) is 20.5. The van der Waals surface area contributed by atoms with Gasteiger partial charge in [0, 0.05) is 26.6 Å². The van der Waals surface area contributed by atoms with E-state index in [4.69, 9.17) is 9.47 Å². The Labute approximate surface area is 165 Å². The van der Waals surface area contributed by atoms with E-state index in [1.807, 2.05) is 36.4 Å². The summed E-state index contributed by atoms with van der Waals surface area (Å²) < 4.78 is 27.2. The quantitative estimate of drug-likeness (QED) is 0.424. The molecule has 1 N–H and O–H groups in total. The fourth-order valence-electron chi connectivity index (χ4n) is 2.93. The summed E-state index contributed by atoms with van der Waals surface area (Å²) in [5.74, 6) is -0.800. The van der Waals surface area contributed by atoms with E-state index < -0.39 is 19.3 Å². The van der Waals surface area contributed by atoms with E-state index in [1.54, 1.807) is 4.57 Å². The van der Waals surface area contributed by atoms with Gasteiger partial charge in [0.15, 0.2) is 5.82 Å². The maximum Gasteiger partial charge on any atom is 0.241 e. The van der Waals surface area contributed by atoms with Gasteiger partial charge in [0.05, 0.1) is 18.7 Å². The molecule has 2 heterocycles. The fourth-order valence-corrected chi connectivity index (χ4v) is 3.68. The number of hydrogen-bond acceptors (Lipinski definition) is 3. The summed E-state index contributed by atoms with van der Waals surface area (Å²) in [6, 6.07) is 12.7. The predicted octanol–water partition coefficient (Wildman–Crippen LogP) is 4.50. The number of nitrogens with one attached hydrogen (secondary N) is 1. The van der Waals surface area contributed by atoms with Crippen LogP contribution in [0.2, 0.25) is 25.7 Å². The van der Waals surface area contributed by atoms with Crippen molar-refractivity contribution < 1.29 is 13.9 Å². The summed E-state index contributed by atoms with van der Waals surface area (Å²) in [4.78, 5) is 15.2. The van der Waals surface area contributed by atoms with Gasteiger partial charge in [0.1, 0.15) is 12.2 Å². The molecule has 7 heteroatoms. The number of nitrogens with zero attached hydrogens (tertiary/aromatic N) is 1. The highest BCUT2D eigenvalue weighted by molar-refractivity contribution is 6.76. The van der Waals surface area contributed by atoms with Crippen molar-refractivity contribution in [3.63, 3.8) is 0 Å². The number of aromatic amines is 1. The average Bonchev–Trinajstić information content (AvgIpc) is 3.00. The van der Waals surface area contributed by atoms with Crippen LogP contribution in [0.4, 0.5) is 4.39 Å². The SMILES string of the molecule is C[Si](C)(C)CCOCn1c(COCc2ccccc2)cc2[nH]cc(F)c(=O)c21.